The third-order valence-electron chi connectivity index (χ3n) is 1.38. The van der Waals surface area contributed by atoms with Gasteiger partial charge in [-0.25, -0.2) is 0 Å². The van der Waals surface area contributed by atoms with Crippen LogP contribution in [0.15, 0.2) is 0 Å². The highest BCUT2D eigenvalue weighted by Gasteiger charge is 2.15. The molecule has 1 aliphatic rings. The molecule has 0 aromatic heterocycles. The minimum atomic E-state index is -0.831. The van der Waals surface area contributed by atoms with Crippen LogP contribution in [-0.4, -0.2) is 22.4 Å². The van der Waals surface area contributed by atoms with E-state index in [0.29, 0.717) is 0 Å². The van der Waals surface area contributed by atoms with Crippen LogP contribution in [0, 0.1) is 0 Å². The van der Waals surface area contributed by atoms with Gasteiger partial charge in [-0.2, -0.15) is 0 Å². The van der Waals surface area contributed by atoms with E-state index in [2.05, 4.69) is 11.9 Å². The van der Waals surface area contributed by atoms with Gasteiger partial charge in [0.1, 0.15) is 0 Å². The van der Waals surface area contributed by atoms with Crippen LogP contribution in [0.4, 0.5) is 0 Å². The van der Waals surface area contributed by atoms with E-state index in [1.54, 1.807) is 0 Å². The second-order valence-corrected chi connectivity index (χ2v) is 4.34. The fourth-order valence-corrected chi connectivity index (χ4v) is 2.99. The Bertz CT molecular complexity index is 63.4. The molecule has 0 amide bonds. The maximum atomic E-state index is 5.43. The molecule has 0 spiro atoms. The monoisotopic (exact) mass is 131 g/mol. The first-order valence-corrected chi connectivity index (χ1v) is 5.15. The molecule has 1 aliphatic heterocycles. The van der Waals surface area contributed by atoms with Gasteiger partial charge in [-0.3, -0.25) is 0 Å². The third kappa shape index (κ3) is 1.58. The third-order valence-corrected chi connectivity index (χ3v) is 3.80. The van der Waals surface area contributed by atoms with E-state index in [4.69, 9.17) is 4.43 Å². The van der Waals surface area contributed by atoms with E-state index in [9.17, 15) is 0 Å². The second kappa shape index (κ2) is 3.22. The quantitative estimate of drug-likeness (QED) is 0.542. The van der Waals surface area contributed by atoms with Crippen LogP contribution in [0.1, 0.15) is 13.3 Å². The zero-order chi connectivity index (χ0) is 5.82. The lowest BCUT2D eigenvalue weighted by Crippen LogP contribution is -2.29. The van der Waals surface area contributed by atoms with Gasteiger partial charge < -0.3 is 9.41 Å². The highest BCUT2D eigenvalue weighted by Crippen LogP contribution is 2.02. The topological polar surface area (TPSA) is 21.3 Å². The molecule has 3 heteroatoms. The summed E-state index contributed by atoms with van der Waals surface area (Å²) in [5.74, 6) is 0. The Morgan fingerprint density at radius 3 is 3.12 bits per heavy atom. The summed E-state index contributed by atoms with van der Waals surface area (Å²) >= 11 is 0. The van der Waals surface area contributed by atoms with E-state index in [-0.39, 0.29) is 0 Å². The smallest absolute Gasteiger partial charge is 0.252 e. The van der Waals surface area contributed by atoms with Gasteiger partial charge in [0.25, 0.3) is 9.20 Å². The van der Waals surface area contributed by atoms with Gasteiger partial charge in [-0.05, 0) is 25.9 Å². The maximum Gasteiger partial charge on any atom is 0.252 e. The molecule has 0 bridgehead atoms. The van der Waals surface area contributed by atoms with Crippen molar-refractivity contribution in [3.8, 4) is 0 Å². The van der Waals surface area contributed by atoms with Gasteiger partial charge in [0.05, 0.1) is 0 Å². The van der Waals surface area contributed by atoms with E-state index in [0.717, 1.165) is 6.61 Å². The second-order valence-electron chi connectivity index (χ2n) is 2.04. The van der Waals surface area contributed by atoms with Crippen LogP contribution in [0.2, 0.25) is 6.04 Å². The van der Waals surface area contributed by atoms with Crippen molar-refractivity contribution >= 4 is 9.20 Å². The fourth-order valence-electron chi connectivity index (χ4n) is 0.996. The van der Waals surface area contributed by atoms with Crippen molar-refractivity contribution in [3.05, 3.63) is 0 Å². The first-order chi connectivity index (χ1) is 3.93. The van der Waals surface area contributed by atoms with Crippen LogP contribution < -0.4 is 4.98 Å². The summed E-state index contributed by atoms with van der Waals surface area (Å²) in [6.07, 6.45) is 1.33. The molecule has 48 valence electrons. The molecule has 0 aromatic carbocycles. The summed E-state index contributed by atoms with van der Waals surface area (Å²) in [6, 6.07) is 1.33. The zero-order valence-corrected chi connectivity index (χ0v) is 6.47. The normalized spacial score (nSPS) is 28.9. The molecule has 1 unspecified atom stereocenters. The molecular formula is C5H13NOSi. The average Bonchev–Trinajstić information content (AvgIpc) is 2.19. The largest absolute Gasteiger partial charge is 0.406 e. The van der Waals surface area contributed by atoms with Crippen molar-refractivity contribution in [2.45, 2.75) is 19.4 Å². The van der Waals surface area contributed by atoms with E-state index in [1.807, 2.05) is 0 Å². The molecule has 0 aliphatic carbocycles. The molecule has 1 atom stereocenters. The minimum absolute atomic E-state index is 0.831. The molecule has 0 saturated carbocycles. The number of hydrogen-bond acceptors (Lipinski definition) is 2. The fraction of sp³-hybridized carbons (Fsp3) is 1.00. The van der Waals surface area contributed by atoms with Gasteiger partial charge in [-0.1, -0.05) is 0 Å². The van der Waals surface area contributed by atoms with Gasteiger partial charge >= 0.3 is 0 Å². The predicted octanol–water partition coefficient (Wildman–Crippen LogP) is 0.237. The Kier molecular flexibility index (Phi) is 2.52. The first-order valence-electron chi connectivity index (χ1n) is 3.28. The number of rotatable bonds is 2. The lowest BCUT2D eigenvalue weighted by Gasteiger charge is -2.05. The average molecular weight is 131 g/mol. The Morgan fingerprint density at radius 2 is 2.62 bits per heavy atom. The summed E-state index contributed by atoms with van der Waals surface area (Å²) in [4.78, 5) is 3.37. The first kappa shape index (κ1) is 6.26. The number of hydrogen-bond donors (Lipinski definition) is 1. The van der Waals surface area contributed by atoms with Crippen LogP contribution in [0.5, 0.6) is 0 Å². The molecule has 1 N–H and O–H groups in total. The highest BCUT2D eigenvalue weighted by molar-refractivity contribution is 6.49. The summed E-state index contributed by atoms with van der Waals surface area (Å²) in [6.45, 7) is 4.15. The molecule has 1 heterocycles. The number of nitrogens with one attached hydrogen (secondary N) is 1. The molecule has 0 aromatic rings. The van der Waals surface area contributed by atoms with Crippen LogP contribution in [0.25, 0.3) is 0 Å². The minimum Gasteiger partial charge on any atom is -0.406 e. The highest BCUT2D eigenvalue weighted by atomic mass is 28.3. The van der Waals surface area contributed by atoms with Crippen molar-refractivity contribution in [2.75, 3.05) is 13.2 Å². The van der Waals surface area contributed by atoms with Gasteiger partial charge in [-0.15, -0.1) is 0 Å². The molecule has 8 heavy (non-hydrogen) atoms. The summed E-state index contributed by atoms with van der Waals surface area (Å²) in [7, 11) is -0.831. The zero-order valence-electron chi connectivity index (χ0n) is 5.31. The van der Waals surface area contributed by atoms with Crippen LogP contribution in [-0.2, 0) is 4.43 Å². The maximum absolute atomic E-state index is 5.43. The van der Waals surface area contributed by atoms with Crippen molar-refractivity contribution in [2.24, 2.45) is 0 Å². The molecule has 1 rings (SSSR count). The van der Waals surface area contributed by atoms with Crippen molar-refractivity contribution < 1.29 is 4.43 Å². The standard InChI is InChI=1S/C5H13NOSi/c1-2-7-8-5-3-4-6-8/h6,8H,2-5H2,1H3. The van der Waals surface area contributed by atoms with Crippen LogP contribution in [0.3, 0.4) is 0 Å². The lowest BCUT2D eigenvalue weighted by molar-refractivity contribution is 0.339. The van der Waals surface area contributed by atoms with Gasteiger partial charge in [0.2, 0.25) is 0 Å². The summed E-state index contributed by atoms with van der Waals surface area (Å²) in [5.41, 5.74) is 0. The Balaban J connectivity index is 2.06. The van der Waals surface area contributed by atoms with Crippen molar-refractivity contribution in [1.29, 1.82) is 0 Å². The van der Waals surface area contributed by atoms with E-state index < -0.39 is 9.20 Å². The molecule has 1 saturated heterocycles. The Hall–Kier alpha value is 0.137. The molecule has 0 radical (unpaired) electrons. The molecule has 1 fully saturated rings. The van der Waals surface area contributed by atoms with Crippen molar-refractivity contribution in [1.82, 2.24) is 4.98 Å². The summed E-state index contributed by atoms with van der Waals surface area (Å²) in [5, 5.41) is 0. The van der Waals surface area contributed by atoms with Gasteiger partial charge in [0, 0.05) is 6.61 Å². The Morgan fingerprint density at radius 1 is 1.75 bits per heavy atom. The lowest BCUT2D eigenvalue weighted by atomic mass is 10.5. The van der Waals surface area contributed by atoms with Crippen molar-refractivity contribution in [3.63, 3.8) is 0 Å². The molecule has 2 nitrogen and oxygen atoms in total. The SMILES string of the molecule is CCO[SiH]1CCCN1. The van der Waals surface area contributed by atoms with E-state index >= 15 is 0 Å². The Labute approximate surface area is 52.0 Å². The van der Waals surface area contributed by atoms with Crippen LogP contribution >= 0.6 is 0 Å². The molecular weight excluding hydrogens is 118 g/mol. The van der Waals surface area contributed by atoms with E-state index in [1.165, 1.54) is 19.0 Å². The van der Waals surface area contributed by atoms with Gasteiger partial charge in [0.15, 0.2) is 0 Å². The summed E-state index contributed by atoms with van der Waals surface area (Å²) < 4.78 is 5.43. The predicted molar refractivity (Wildman–Crippen MR) is 36.2 cm³/mol.